The number of nitrogens with one attached hydrogen (secondary N) is 2. The number of hydrogen-bond acceptors (Lipinski definition) is 3. The van der Waals surface area contributed by atoms with Gasteiger partial charge in [-0.3, -0.25) is 9.59 Å². The molecule has 1 heterocycles. The molecule has 0 bridgehead atoms. The molecule has 3 N–H and O–H groups in total. The Kier molecular flexibility index (Phi) is 2.18. The molecule has 0 spiro atoms. The number of carbonyl (C=O) groups excluding carboxylic acids is 1. The van der Waals surface area contributed by atoms with Gasteiger partial charge in [0.15, 0.2) is 0 Å². The molecule has 1 amide bonds. The molecular weight excluding hydrogens is 198 g/mol. The molecule has 1 fully saturated rings. The second-order valence-electron chi connectivity index (χ2n) is 3.65. The van der Waals surface area contributed by atoms with Crippen LogP contribution >= 0.6 is 0 Å². The summed E-state index contributed by atoms with van der Waals surface area (Å²) in [6, 6.07) is 0. The molecule has 1 aliphatic rings. The predicted molar refractivity (Wildman–Crippen MR) is 49.7 cm³/mol. The number of aliphatic carboxylic acids is 1. The summed E-state index contributed by atoms with van der Waals surface area (Å²) in [4.78, 5) is 29.0. The lowest BCUT2D eigenvalue weighted by Crippen LogP contribution is -2.36. The first-order chi connectivity index (χ1) is 7.15. The highest BCUT2D eigenvalue weighted by molar-refractivity contribution is 6.04. The van der Waals surface area contributed by atoms with E-state index in [4.69, 9.17) is 5.11 Å². The summed E-state index contributed by atoms with van der Waals surface area (Å²) in [5.74, 6) is -1.45. The summed E-state index contributed by atoms with van der Waals surface area (Å²) >= 11 is 0. The van der Waals surface area contributed by atoms with Gasteiger partial charge in [0.2, 0.25) is 5.91 Å². The zero-order valence-electron chi connectivity index (χ0n) is 7.99. The third-order valence-electron chi connectivity index (χ3n) is 2.59. The van der Waals surface area contributed by atoms with E-state index in [0.29, 0.717) is 12.8 Å². The highest BCUT2D eigenvalue weighted by Gasteiger charge is 2.56. The van der Waals surface area contributed by atoms with Crippen molar-refractivity contribution in [3.05, 3.63) is 18.2 Å². The predicted octanol–water partition coefficient (Wildman–Crippen LogP) is -0.109. The number of carbonyl (C=O) groups is 2. The van der Waals surface area contributed by atoms with Gasteiger partial charge in [0.25, 0.3) is 0 Å². The maximum absolute atomic E-state index is 11.5. The molecule has 0 aliphatic heterocycles. The van der Waals surface area contributed by atoms with E-state index in [1.807, 2.05) is 0 Å². The van der Waals surface area contributed by atoms with Crippen LogP contribution in [0, 0.1) is 5.41 Å². The van der Waals surface area contributed by atoms with Crippen LogP contribution in [0.5, 0.6) is 0 Å². The van der Waals surface area contributed by atoms with Gasteiger partial charge in [-0.2, -0.15) is 0 Å². The fourth-order valence-electron chi connectivity index (χ4n) is 1.39. The average molecular weight is 209 g/mol. The Hall–Kier alpha value is -1.85. The number of aromatic amines is 1. The van der Waals surface area contributed by atoms with Gasteiger partial charge in [-0.05, 0) is 12.8 Å². The smallest absolute Gasteiger partial charge is 0.319 e. The topological polar surface area (TPSA) is 95.1 Å². The highest BCUT2D eigenvalue weighted by Crippen LogP contribution is 2.46. The quantitative estimate of drug-likeness (QED) is 0.603. The Morgan fingerprint density at radius 3 is 2.80 bits per heavy atom. The molecule has 1 aliphatic carbocycles. The molecule has 0 saturated heterocycles. The number of amides is 1. The molecule has 1 saturated carbocycles. The Balaban J connectivity index is 1.91. The monoisotopic (exact) mass is 209 g/mol. The Morgan fingerprint density at radius 1 is 1.60 bits per heavy atom. The van der Waals surface area contributed by atoms with Gasteiger partial charge >= 0.3 is 5.97 Å². The first kappa shape index (κ1) is 9.70. The average Bonchev–Trinajstić information content (AvgIpc) is 2.87. The van der Waals surface area contributed by atoms with Crippen LogP contribution in [0.2, 0.25) is 0 Å². The molecule has 2 rings (SSSR count). The van der Waals surface area contributed by atoms with Crippen molar-refractivity contribution in [1.82, 2.24) is 15.3 Å². The van der Waals surface area contributed by atoms with Crippen LogP contribution in [0.15, 0.2) is 12.5 Å². The van der Waals surface area contributed by atoms with E-state index in [-0.39, 0.29) is 6.54 Å². The van der Waals surface area contributed by atoms with Crippen LogP contribution in [0.4, 0.5) is 0 Å². The van der Waals surface area contributed by atoms with Crippen LogP contribution in [0.3, 0.4) is 0 Å². The fourth-order valence-corrected chi connectivity index (χ4v) is 1.39. The number of rotatable bonds is 4. The molecule has 6 heteroatoms. The standard InChI is InChI=1S/C9H11N3O3/c13-7(9(1-2-9)8(14)15)11-4-6-3-10-5-12-6/h3,5H,1-2,4H2,(H,10,12)(H,11,13)(H,14,15). The number of aromatic nitrogens is 2. The molecule has 1 aromatic heterocycles. The molecule has 0 atom stereocenters. The van der Waals surface area contributed by atoms with Crippen molar-refractivity contribution in [3.8, 4) is 0 Å². The first-order valence-electron chi connectivity index (χ1n) is 4.64. The van der Waals surface area contributed by atoms with Crippen molar-refractivity contribution >= 4 is 11.9 Å². The van der Waals surface area contributed by atoms with Gasteiger partial charge in [0, 0.05) is 6.20 Å². The maximum Gasteiger partial charge on any atom is 0.319 e. The van der Waals surface area contributed by atoms with Gasteiger partial charge in [-0.25, -0.2) is 4.98 Å². The van der Waals surface area contributed by atoms with Gasteiger partial charge in [-0.15, -0.1) is 0 Å². The zero-order chi connectivity index (χ0) is 10.9. The van der Waals surface area contributed by atoms with Crippen molar-refractivity contribution in [2.24, 2.45) is 5.41 Å². The van der Waals surface area contributed by atoms with Crippen LogP contribution in [0.1, 0.15) is 18.5 Å². The molecule has 0 unspecified atom stereocenters. The van der Waals surface area contributed by atoms with E-state index in [1.165, 1.54) is 6.33 Å². The van der Waals surface area contributed by atoms with Crippen molar-refractivity contribution in [2.45, 2.75) is 19.4 Å². The summed E-state index contributed by atoms with van der Waals surface area (Å²) in [6.45, 7) is 0.286. The second-order valence-corrected chi connectivity index (χ2v) is 3.65. The van der Waals surface area contributed by atoms with Gasteiger partial charge < -0.3 is 15.4 Å². The zero-order valence-corrected chi connectivity index (χ0v) is 7.99. The first-order valence-corrected chi connectivity index (χ1v) is 4.64. The number of carboxylic acids is 1. The maximum atomic E-state index is 11.5. The minimum absolute atomic E-state index is 0.286. The summed E-state index contributed by atoms with van der Waals surface area (Å²) in [6.07, 6.45) is 3.94. The molecule has 0 radical (unpaired) electrons. The molecule has 6 nitrogen and oxygen atoms in total. The van der Waals surface area contributed by atoms with Crippen LogP contribution in [-0.2, 0) is 16.1 Å². The second kappa shape index (κ2) is 3.38. The minimum atomic E-state index is -1.17. The van der Waals surface area contributed by atoms with E-state index in [9.17, 15) is 9.59 Å². The molecular formula is C9H11N3O3. The van der Waals surface area contributed by atoms with Gasteiger partial charge in [0.05, 0.1) is 18.6 Å². The third-order valence-corrected chi connectivity index (χ3v) is 2.59. The van der Waals surface area contributed by atoms with E-state index < -0.39 is 17.3 Å². The summed E-state index contributed by atoms with van der Waals surface area (Å²) < 4.78 is 0. The van der Waals surface area contributed by atoms with E-state index in [1.54, 1.807) is 6.20 Å². The summed E-state index contributed by atoms with van der Waals surface area (Å²) in [7, 11) is 0. The lowest BCUT2D eigenvalue weighted by Gasteiger charge is -2.09. The number of hydrogen-bond donors (Lipinski definition) is 3. The van der Waals surface area contributed by atoms with Crippen LogP contribution < -0.4 is 5.32 Å². The summed E-state index contributed by atoms with van der Waals surface area (Å²) in [5, 5.41) is 11.4. The van der Waals surface area contributed by atoms with E-state index in [0.717, 1.165) is 5.69 Å². The van der Waals surface area contributed by atoms with E-state index >= 15 is 0 Å². The lowest BCUT2D eigenvalue weighted by atomic mass is 10.1. The molecule has 0 aromatic carbocycles. The Morgan fingerprint density at radius 2 is 2.33 bits per heavy atom. The van der Waals surface area contributed by atoms with Crippen molar-refractivity contribution < 1.29 is 14.7 Å². The van der Waals surface area contributed by atoms with Gasteiger partial charge in [-0.1, -0.05) is 0 Å². The van der Waals surface area contributed by atoms with Crippen LogP contribution in [0.25, 0.3) is 0 Å². The number of nitrogens with zero attached hydrogens (tertiary/aromatic N) is 1. The SMILES string of the molecule is O=C(O)C1(C(=O)NCc2cnc[nH]2)CC1. The molecule has 80 valence electrons. The van der Waals surface area contributed by atoms with Crippen molar-refractivity contribution in [1.29, 1.82) is 0 Å². The molecule has 1 aromatic rings. The normalized spacial score (nSPS) is 17.1. The minimum Gasteiger partial charge on any atom is -0.480 e. The van der Waals surface area contributed by atoms with E-state index in [2.05, 4.69) is 15.3 Å². The third kappa shape index (κ3) is 1.70. The molecule has 15 heavy (non-hydrogen) atoms. The largest absolute Gasteiger partial charge is 0.480 e. The fraction of sp³-hybridized carbons (Fsp3) is 0.444. The van der Waals surface area contributed by atoms with Crippen molar-refractivity contribution in [3.63, 3.8) is 0 Å². The Bertz CT molecular complexity index is 381. The Labute approximate surface area is 85.7 Å². The van der Waals surface area contributed by atoms with Crippen molar-refractivity contribution in [2.75, 3.05) is 0 Å². The number of carboxylic acid groups (broad SMARTS) is 1. The lowest BCUT2D eigenvalue weighted by molar-refractivity contribution is -0.149. The van der Waals surface area contributed by atoms with Crippen LogP contribution in [-0.4, -0.2) is 27.0 Å². The highest BCUT2D eigenvalue weighted by atomic mass is 16.4. The van der Waals surface area contributed by atoms with Gasteiger partial charge in [0.1, 0.15) is 5.41 Å². The number of imidazole rings is 1. The summed E-state index contributed by atoms with van der Waals surface area (Å²) in [5.41, 5.74) is -0.412. The number of H-pyrrole nitrogens is 1.